The second-order valence-electron chi connectivity index (χ2n) is 12.2. The maximum absolute atomic E-state index is 13.7. The lowest BCUT2D eigenvalue weighted by Crippen LogP contribution is -2.40. The maximum Gasteiger partial charge on any atom is 0.474 e. The lowest BCUT2D eigenvalue weighted by Gasteiger charge is -2.16. The van der Waals surface area contributed by atoms with Crippen molar-refractivity contribution in [2.24, 2.45) is 5.18 Å². The largest absolute Gasteiger partial charge is 0.481 e. The molecule has 4 aromatic rings. The zero-order valence-corrected chi connectivity index (χ0v) is 32.4. The number of alkyl halides is 3. The number of aromatic amines is 1. The van der Waals surface area contributed by atoms with E-state index in [1.807, 2.05) is 0 Å². The molecule has 20 nitrogen and oxygen atoms in total. The molecule has 0 aliphatic heterocycles. The van der Waals surface area contributed by atoms with E-state index in [-0.39, 0.29) is 79.0 Å². The van der Waals surface area contributed by atoms with Gasteiger partial charge in [-0.2, -0.15) is 18.2 Å². The van der Waals surface area contributed by atoms with Gasteiger partial charge in [-0.25, -0.2) is 14.5 Å². The van der Waals surface area contributed by atoms with E-state index in [2.05, 4.69) is 46.4 Å². The highest BCUT2D eigenvalue weighted by molar-refractivity contribution is 7.48. The first kappa shape index (κ1) is 45.5. The van der Waals surface area contributed by atoms with E-state index in [1.54, 1.807) is 13.8 Å². The number of nitrogens with zero attached hydrogens (tertiary/aromatic N) is 4. The zero-order chi connectivity index (χ0) is 43.2. The SMILES string of the molecule is CCOP(=O)(OCC)OCCCCNC(=O)c1ccc(C(F)(F)F)cc1Nc1nc2ncc(CNc3ccc(C(=O)N[C@@H](CCC(=O)O)C(=O)N=O)cc3)nc2c(=O)[nH]1. The van der Waals surface area contributed by atoms with Gasteiger partial charge in [0.2, 0.25) is 5.95 Å². The van der Waals surface area contributed by atoms with Crippen LogP contribution in [0.15, 0.2) is 58.6 Å². The van der Waals surface area contributed by atoms with E-state index >= 15 is 0 Å². The summed E-state index contributed by atoms with van der Waals surface area (Å²) in [5, 5.41) is 21.6. The number of amides is 3. The van der Waals surface area contributed by atoms with E-state index in [4.69, 9.17) is 18.7 Å². The second kappa shape index (κ2) is 21.0. The Morgan fingerprint density at radius 1 is 0.983 bits per heavy atom. The summed E-state index contributed by atoms with van der Waals surface area (Å²) in [6, 6.07) is 6.78. The highest BCUT2D eigenvalue weighted by Gasteiger charge is 2.32. The molecule has 24 heteroatoms. The molecule has 0 aliphatic rings. The Morgan fingerprint density at radius 2 is 1.69 bits per heavy atom. The standard InChI is InChI=1S/C35H39F3N9O11P/c1-3-56-59(55,57-4-2)58-16-6-5-15-39-31(51)24-12-9-21(35(36,37)38)17-26(24)44-34-45-29-28(33(53)46-34)42-23(19-41-29)18-40-22-10-7-20(8-11-22)30(50)43-25(32(52)47-54)13-14-27(48)49/h7-12,17,19,25,40H,3-6,13-16,18H2,1-2H3,(H,39,51)(H,43,50)(H,48,49)(H2,41,44,45,46,53)/t25-/m0/s1. The van der Waals surface area contributed by atoms with Crippen LogP contribution < -0.4 is 26.8 Å². The molecular formula is C35H39F3N9O11P. The van der Waals surface area contributed by atoms with Crippen molar-refractivity contribution in [3.05, 3.63) is 86.3 Å². The number of hydrogen-bond acceptors (Lipinski definition) is 15. The number of phosphoric acid groups is 1. The minimum Gasteiger partial charge on any atom is -0.481 e. The first-order chi connectivity index (χ1) is 28.0. The van der Waals surface area contributed by atoms with Gasteiger partial charge in [-0.05, 0) is 75.6 Å². The van der Waals surface area contributed by atoms with Crippen molar-refractivity contribution >= 4 is 60.0 Å². The number of carboxylic acid groups (broad SMARTS) is 1. The normalized spacial score (nSPS) is 12.1. The average molecular weight is 850 g/mol. The Balaban J connectivity index is 1.41. The fourth-order valence-electron chi connectivity index (χ4n) is 5.14. The summed E-state index contributed by atoms with van der Waals surface area (Å²) >= 11 is 0. The molecule has 2 heterocycles. The van der Waals surface area contributed by atoms with Crippen molar-refractivity contribution in [2.45, 2.75) is 58.3 Å². The summed E-state index contributed by atoms with van der Waals surface area (Å²) in [7, 11) is -3.71. The topological polar surface area (TPSA) is 282 Å². The molecule has 0 saturated carbocycles. The quantitative estimate of drug-likeness (QED) is 0.0343. The molecule has 0 bridgehead atoms. The number of benzene rings is 2. The molecule has 0 unspecified atom stereocenters. The first-order valence-corrected chi connectivity index (χ1v) is 19.3. The van der Waals surface area contributed by atoms with Crippen LogP contribution in [0.4, 0.5) is 30.5 Å². The van der Waals surface area contributed by atoms with Gasteiger partial charge in [-0.3, -0.25) is 42.5 Å². The third-order valence-electron chi connectivity index (χ3n) is 7.95. The van der Waals surface area contributed by atoms with Gasteiger partial charge < -0.3 is 26.4 Å². The molecule has 0 aliphatic carbocycles. The van der Waals surface area contributed by atoms with Crippen molar-refractivity contribution in [2.75, 3.05) is 37.0 Å². The number of aliphatic carboxylic acids is 1. The number of carbonyl (C=O) groups is 4. The Bertz CT molecular complexity index is 2250. The van der Waals surface area contributed by atoms with Crippen LogP contribution in [0.25, 0.3) is 11.2 Å². The van der Waals surface area contributed by atoms with Gasteiger partial charge in [-0.15, -0.1) is 4.91 Å². The highest BCUT2D eigenvalue weighted by atomic mass is 31.2. The van der Waals surface area contributed by atoms with Gasteiger partial charge in [0.05, 0.1) is 55.1 Å². The summed E-state index contributed by atoms with van der Waals surface area (Å²) in [5.41, 5.74) is -1.91. The molecular weight excluding hydrogens is 810 g/mol. The minimum atomic E-state index is -4.77. The number of halogens is 3. The average Bonchev–Trinajstić information content (AvgIpc) is 3.19. The molecule has 0 fully saturated rings. The number of nitroso groups, excluding NO2 is 1. The molecule has 0 saturated heterocycles. The number of H-pyrrole nitrogens is 1. The molecule has 3 amide bonds. The lowest BCUT2D eigenvalue weighted by atomic mass is 10.1. The van der Waals surface area contributed by atoms with Crippen LogP contribution in [0, 0.1) is 4.91 Å². The minimum absolute atomic E-state index is 0.00588. The van der Waals surface area contributed by atoms with E-state index in [0.717, 1.165) is 12.1 Å². The predicted molar refractivity (Wildman–Crippen MR) is 204 cm³/mol. The van der Waals surface area contributed by atoms with Gasteiger partial charge >= 0.3 is 25.9 Å². The Hall–Kier alpha value is -6.16. The number of aromatic nitrogens is 4. The summed E-state index contributed by atoms with van der Waals surface area (Å²) in [6.45, 7) is 3.58. The van der Waals surface area contributed by atoms with Crippen molar-refractivity contribution in [3.8, 4) is 0 Å². The maximum atomic E-state index is 13.7. The van der Waals surface area contributed by atoms with E-state index < -0.39 is 61.3 Å². The zero-order valence-electron chi connectivity index (χ0n) is 31.5. The summed E-state index contributed by atoms with van der Waals surface area (Å²) in [4.78, 5) is 87.0. The second-order valence-corrected chi connectivity index (χ2v) is 13.9. The Labute approximate surface area is 332 Å². The number of phosphoric ester groups is 1. The first-order valence-electron chi connectivity index (χ1n) is 17.9. The van der Waals surface area contributed by atoms with E-state index in [1.165, 1.54) is 30.5 Å². The molecule has 2 aromatic heterocycles. The predicted octanol–water partition coefficient (Wildman–Crippen LogP) is 5.05. The van der Waals surface area contributed by atoms with Crippen LogP contribution in [0.5, 0.6) is 0 Å². The monoisotopic (exact) mass is 849 g/mol. The van der Waals surface area contributed by atoms with Crippen LogP contribution in [-0.2, 0) is 40.4 Å². The van der Waals surface area contributed by atoms with Gasteiger partial charge in [0.1, 0.15) is 6.04 Å². The third kappa shape index (κ3) is 13.5. The van der Waals surface area contributed by atoms with Gasteiger partial charge in [0, 0.05) is 29.4 Å². The molecule has 0 radical (unpaired) electrons. The smallest absolute Gasteiger partial charge is 0.474 e. The van der Waals surface area contributed by atoms with E-state index in [0.29, 0.717) is 24.6 Å². The fourth-order valence-corrected chi connectivity index (χ4v) is 6.35. The van der Waals surface area contributed by atoms with Crippen molar-refractivity contribution in [1.29, 1.82) is 0 Å². The number of carbonyl (C=O) groups excluding carboxylic acids is 3. The van der Waals surface area contributed by atoms with Crippen molar-refractivity contribution in [1.82, 2.24) is 30.6 Å². The van der Waals surface area contributed by atoms with Gasteiger partial charge in [0.15, 0.2) is 11.2 Å². The number of unbranched alkanes of at least 4 members (excludes halogenated alkanes) is 1. The highest BCUT2D eigenvalue weighted by Crippen LogP contribution is 2.49. The number of fused-ring (bicyclic) bond motifs is 1. The molecule has 6 N–H and O–H groups in total. The number of hydrogen-bond donors (Lipinski definition) is 6. The Kier molecular flexibility index (Phi) is 16.2. The fraction of sp³-hybridized carbons (Fsp3) is 0.371. The van der Waals surface area contributed by atoms with Crippen LogP contribution in [0.3, 0.4) is 0 Å². The number of carboxylic acids is 1. The number of anilines is 3. The Morgan fingerprint density at radius 3 is 2.34 bits per heavy atom. The number of rotatable bonds is 22. The molecule has 2 aromatic carbocycles. The molecule has 1 atom stereocenters. The number of nitrogens with one attached hydrogen (secondary N) is 5. The van der Waals surface area contributed by atoms with Crippen LogP contribution in [0.2, 0.25) is 0 Å². The van der Waals surface area contributed by atoms with Gasteiger partial charge in [0.25, 0.3) is 17.4 Å². The van der Waals surface area contributed by atoms with Crippen LogP contribution in [0.1, 0.15) is 71.5 Å². The van der Waals surface area contributed by atoms with Crippen LogP contribution >= 0.6 is 7.82 Å². The van der Waals surface area contributed by atoms with E-state index in [9.17, 15) is 46.6 Å². The molecule has 4 rings (SSSR count). The van der Waals surface area contributed by atoms with Crippen molar-refractivity contribution < 1.29 is 55.6 Å². The lowest BCUT2D eigenvalue weighted by molar-refractivity contribution is -0.138. The molecule has 316 valence electrons. The molecule has 0 spiro atoms. The third-order valence-corrected chi connectivity index (χ3v) is 9.60. The van der Waals surface area contributed by atoms with Gasteiger partial charge in [-0.1, -0.05) is 0 Å². The summed E-state index contributed by atoms with van der Waals surface area (Å²) in [5.74, 6) is -4.26. The summed E-state index contributed by atoms with van der Waals surface area (Å²) in [6.07, 6.45) is -3.60. The summed E-state index contributed by atoms with van der Waals surface area (Å²) < 4.78 is 68.7. The molecule has 59 heavy (non-hydrogen) atoms. The van der Waals surface area contributed by atoms with Crippen LogP contribution in [-0.4, -0.2) is 81.1 Å². The van der Waals surface area contributed by atoms with Crippen molar-refractivity contribution in [3.63, 3.8) is 0 Å².